The number of halogens is 22. The van der Waals surface area contributed by atoms with Crippen molar-refractivity contribution in [3.8, 4) is 36.4 Å². The first kappa shape index (κ1) is 136. The number of benzene rings is 8. The highest BCUT2D eigenvalue weighted by molar-refractivity contribution is 9.12. The molecule has 2 saturated carbocycles. The fraction of sp³-hybridized carbons (Fsp3) is 0.374. The summed E-state index contributed by atoms with van der Waals surface area (Å²) in [6.45, 7) is 19.1. The van der Waals surface area contributed by atoms with Gasteiger partial charge in [0.15, 0.2) is 25.2 Å². The zero-order chi connectivity index (χ0) is 91.1. The maximum Gasteiger partial charge on any atom is 0.184 e. The van der Waals surface area contributed by atoms with Gasteiger partial charge in [-0.2, -0.15) is 31.6 Å². The van der Waals surface area contributed by atoms with E-state index in [0.29, 0.717) is 76.0 Å². The summed E-state index contributed by atoms with van der Waals surface area (Å²) < 4.78 is 55.2. The molecule has 4 saturated heterocycles. The molecular weight excluding hydrogens is 2780 g/mol. The first-order valence-corrected chi connectivity index (χ1v) is 53.7. The van der Waals surface area contributed by atoms with Gasteiger partial charge in [0, 0.05) is 109 Å². The van der Waals surface area contributed by atoms with E-state index in [2.05, 4.69) is 285 Å². The number of nitriles is 6. The minimum Gasteiger partial charge on any atom is -0.346 e. The molecule has 0 spiro atoms. The lowest BCUT2D eigenvalue weighted by atomic mass is 9.65. The second-order valence-corrected chi connectivity index (χ2v) is 48.2. The number of aldehydes is 3. The third kappa shape index (κ3) is 48.8. The van der Waals surface area contributed by atoms with E-state index < -0.39 is 18.9 Å². The second kappa shape index (κ2) is 70.3. The number of nitrogens with zero attached hydrogens (tertiary/aromatic N) is 6. The van der Waals surface area contributed by atoms with Crippen LogP contribution in [0, 0.1) is 68.0 Å². The van der Waals surface area contributed by atoms with E-state index >= 15 is 0 Å². The van der Waals surface area contributed by atoms with Gasteiger partial charge in [0.25, 0.3) is 0 Å². The molecule has 6 fully saturated rings. The average Bonchev–Trinajstić information content (AvgIpc) is 1.76. The van der Waals surface area contributed by atoms with Gasteiger partial charge < -0.3 is 37.9 Å². The highest BCUT2D eigenvalue weighted by Crippen LogP contribution is 2.46. The molecule has 17 nitrogen and oxygen atoms in total. The summed E-state index contributed by atoms with van der Waals surface area (Å²) in [6.07, 6.45) is 8.90. The minimum absolute atomic E-state index is 0. The number of hydrogen-bond acceptors (Lipinski definition) is 17. The Bertz CT molecular complexity index is 5020. The van der Waals surface area contributed by atoms with Crippen molar-refractivity contribution in [3.05, 3.63) is 266 Å². The summed E-state index contributed by atoms with van der Waals surface area (Å²) in [5.74, 6) is 0. The van der Waals surface area contributed by atoms with Crippen molar-refractivity contribution in [1.82, 2.24) is 0 Å². The van der Waals surface area contributed by atoms with E-state index in [4.69, 9.17) is 58.9 Å². The number of carbonyl (C=O) groups is 3. The molecule has 0 unspecified atom stereocenters. The lowest BCUT2D eigenvalue weighted by molar-refractivity contribution is -0.0444. The van der Waals surface area contributed by atoms with E-state index in [0.717, 1.165) is 178 Å². The Balaban J connectivity index is -0.000000689. The topological polar surface area (TPSA) is 268 Å². The summed E-state index contributed by atoms with van der Waals surface area (Å²) in [7, 11) is -1.02. The van der Waals surface area contributed by atoms with Gasteiger partial charge in [-0.25, -0.2) is 0 Å². The van der Waals surface area contributed by atoms with Crippen molar-refractivity contribution in [2.24, 2.45) is 0 Å². The minimum atomic E-state index is -1.02. The molecule has 8 aromatic rings. The molecule has 0 N–H and O–H groups in total. The molecule has 6 aliphatic rings. The largest absolute Gasteiger partial charge is 0.346 e. The Kier molecular flexibility index (Phi) is 73.0. The summed E-state index contributed by atoms with van der Waals surface area (Å²) >= 11 is 47.0. The van der Waals surface area contributed by atoms with Gasteiger partial charge in [-0.15, -0.1) is 99.3 Å². The monoisotopic (exact) mass is 2860 g/mol. The molecule has 8 aromatic carbocycles. The van der Waals surface area contributed by atoms with E-state index in [9.17, 15) is 24.9 Å². The fourth-order valence-electron chi connectivity index (χ4n) is 11.6. The highest BCUT2D eigenvalue weighted by Gasteiger charge is 2.41. The molecule has 0 bridgehead atoms. The van der Waals surface area contributed by atoms with Gasteiger partial charge in [-0.05, 0) is 246 Å². The number of ether oxygens (including phenoxy) is 8. The first-order chi connectivity index (χ1) is 58.4. The van der Waals surface area contributed by atoms with Crippen molar-refractivity contribution in [2.75, 3.05) is 63.5 Å². The smallest absolute Gasteiger partial charge is 0.184 e. The molecule has 4 heterocycles. The molecule has 0 amide bonds. The quantitative estimate of drug-likeness (QED) is 0.0524. The standard InChI is InChI=1S/C14H14BrNO2.C13H14BrNO2.C12H10BrNO.C11H10BrNO2.C11H10BrNO.C9H8Br2O2.C7H4Br2O.C6H3Br3.C5H11NSi.C3H6Br2.8ClH/c15-12-7-10(13-17-4-5-18-13)6-11(8-12)14(9-16)2-1-3-14;1-13(2,8-15)10-5-9(6-11(14)7-10)12-16-3-4-17-12;13-11-5-9(7-15)4-10(6-11)12(8-14)2-1-3-12;12-10-6-8(1-2-13)5-9(7-10)11-14-3-4-15-11;1-11(2,7-13)9-3-8(6-14)4-10(12)5-9;10-7-3-6(4-8(11)5-7)9-12-1-2-13-9;8-6-1-5(4-10)2-7(9)3-6;7-4-1-5(8)3-6(9)2-4;1-7(2,3)5-4-6;4-2-1-3-5;;;;;;;;/h6-8,13H,1-5H2;5-7,12H,3-4H2,1-2H3;4-7H,1-3H2;5-7,11H,1,3-4H2;3-6H,1-2H3;3-5,9H,1-2H2;1-4H;1-3H;5H2,1-3H3;1-3H2;8*1H. The summed E-state index contributed by atoms with van der Waals surface area (Å²) in [4.78, 5) is 31.6. The van der Waals surface area contributed by atoms with E-state index in [-0.39, 0.29) is 135 Å². The average molecular weight is 2880 g/mol. The van der Waals surface area contributed by atoms with Crippen molar-refractivity contribution in [2.45, 2.75) is 152 Å². The Morgan fingerprint density at radius 3 is 0.885 bits per heavy atom. The predicted octanol–water partition coefficient (Wildman–Crippen LogP) is 33.2. The fourth-order valence-corrected chi connectivity index (χ4v) is 21.1. The van der Waals surface area contributed by atoms with E-state index in [1.807, 2.05) is 137 Å². The predicted molar refractivity (Wildman–Crippen MR) is 592 cm³/mol. The van der Waals surface area contributed by atoms with Gasteiger partial charge >= 0.3 is 0 Å². The Morgan fingerprint density at radius 2 is 0.603 bits per heavy atom. The van der Waals surface area contributed by atoms with Crippen LogP contribution in [0.2, 0.25) is 25.7 Å². The summed E-state index contributed by atoms with van der Waals surface area (Å²) in [5.41, 5.74) is 8.94. The zero-order valence-corrected chi connectivity index (χ0v) is 101. The summed E-state index contributed by atoms with van der Waals surface area (Å²) in [5, 5.41) is 55.8. The van der Waals surface area contributed by atoms with Crippen LogP contribution >= 0.6 is 322 Å². The van der Waals surface area contributed by atoms with Crippen LogP contribution in [-0.4, -0.2) is 90.4 Å². The van der Waals surface area contributed by atoms with Crippen LogP contribution < -0.4 is 0 Å². The van der Waals surface area contributed by atoms with Crippen LogP contribution in [0.4, 0.5) is 0 Å². The van der Waals surface area contributed by atoms with E-state index in [1.165, 1.54) is 6.42 Å². The molecule has 14 rings (SSSR count). The molecule has 2 aliphatic carbocycles. The molecule has 0 aromatic heterocycles. The SMILES string of the molecule is BrCCCBr.Brc1cc(Br)cc(Br)c1.Brc1cc(Br)cc(C2OCCO2)c1.CC(C)(C#N)c1cc(Br)cc(C2OCCO2)c1.CC(C)(C#N)c1cc(Br)cc(C=O)c1.C[Si](C)(C)CC#N.Cl.Cl.Cl.Cl.Cl.Cl.Cl.Cl.N#CC1(c2cc(Br)cc(C3OCCO3)c2)CCC1.N#CC1(c2cc(Br)cc(C=O)c2)CCC1.N#CCc1cc(Br)cc(C2OCCO2)c1.O=Cc1cc(Br)cc(Br)c1. The third-order valence-electron chi connectivity index (χ3n) is 18.4. The van der Waals surface area contributed by atoms with Gasteiger partial charge in [0.2, 0.25) is 0 Å². The number of carbonyl (C=O) groups excluding carboxylic acids is 3. The Hall–Kier alpha value is -1.35. The van der Waals surface area contributed by atoms with Crippen LogP contribution in [0.25, 0.3) is 0 Å². The van der Waals surface area contributed by atoms with Crippen molar-refractivity contribution < 1.29 is 52.3 Å². The van der Waals surface area contributed by atoms with Gasteiger partial charge in [-0.3, -0.25) is 14.4 Å². The molecule has 4 aliphatic heterocycles. The van der Waals surface area contributed by atoms with Crippen molar-refractivity contribution in [3.63, 3.8) is 0 Å². The molecular formula is C91H98Br14Cl8N6O11Si. The molecule has 0 radical (unpaired) electrons. The molecule has 716 valence electrons. The molecule has 0 atom stereocenters. The second-order valence-electron chi connectivity index (χ2n) is 30.2. The number of hydrogen-bond donors (Lipinski definition) is 0. The maximum absolute atomic E-state index is 10.7. The lowest BCUT2D eigenvalue weighted by Crippen LogP contribution is -2.32. The number of rotatable bonds is 15. The van der Waals surface area contributed by atoms with Crippen LogP contribution in [-0.2, 0) is 66.0 Å². The molecule has 40 heteroatoms. The normalized spacial score (nSPS) is 14.4. The highest BCUT2D eigenvalue weighted by atomic mass is 79.9. The lowest BCUT2D eigenvalue weighted by Gasteiger charge is -2.36. The first-order valence-electron chi connectivity index (χ1n) is 38.3. The number of alkyl halides is 2. The van der Waals surface area contributed by atoms with Crippen LogP contribution in [0.3, 0.4) is 0 Å². The molecule has 131 heavy (non-hydrogen) atoms. The zero-order valence-electron chi connectivity index (χ0n) is 71.6. The summed E-state index contributed by atoms with van der Waals surface area (Å²) in [6, 6.07) is 60.5. The van der Waals surface area contributed by atoms with Gasteiger partial charge in [0.1, 0.15) is 18.9 Å². The Morgan fingerprint density at radius 1 is 0.344 bits per heavy atom. The van der Waals surface area contributed by atoms with Crippen LogP contribution in [0.1, 0.15) is 179 Å². The third-order valence-corrected chi connectivity index (χ3v) is 26.2. The van der Waals surface area contributed by atoms with Crippen LogP contribution in [0.5, 0.6) is 0 Å². The maximum atomic E-state index is 10.7. The van der Waals surface area contributed by atoms with Crippen LogP contribution in [0.15, 0.2) is 199 Å². The van der Waals surface area contributed by atoms with Gasteiger partial charge in [-0.1, -0.05) is 243 Å². The van der Waals surface area contributed by atoms with Crippen molar-refractivity contribution >= 4 is 349 Å². The Labute approximate surface area is 938 Å². The van der Waals surface area contributed by atoms with E-state index in [1.54, 1.807) is 30.3 Å². The van der Waals surface area contributed by atoms with Crippen molar-refractivity contribution in [1.29, 1.82) is 31.6 Å². The van der Waals surface area contributed by atoms with Gasteiger partial charge in [0.05, 0.1) is 125 Å².